The van der Waals surface area contributed by atoms with Crippen LogP contribution < -0.4 is 9.47 Å². The van der Waals surface area contributed by atoms with Gasteiger partial charge in [-0.25, -0.2) is 0 Å². The van der Waals surface area contributed by atoms with Crippen molar-refractivity contribution < 1.29 is 14.3 Å². The van der Waals surface area contributed by atoms with Crippen LogP contribution in [0.25, 0.3) is 0 Å². The van der Waals surface area contributed by atoms with Gasteiger partial charge in [0.1, 0.15) is 0 Å². The lowest BCUT2D eigenvalue weighted by Gasteiger charge is -2.31. The first-order chi connectivity index (χ1) is 12.2. The summed E-state index contributed by atoms with van der Waals surface area (Å²) in [4.78, 5) is 15.2. The van der Waals surface area contributed by atoms with E-state index in [-0.39, 0.29) is 18.5 Å². The third kappa shape index (κ3) is 3.39. The highest BCUT2D eigenvalue weighted by Crippen LogP contribution is 2.34. The predicted octanol–water partition coefficient (Wildman–Crippen LogP) is 2.80. The van der Waals surface area contributed by atoms with Crippen LogP contribution in [0.4, 0.5) is 0 Å². The summed E-state index contributed by atoms with van der Waals surface area (Å²) in [6.07, 6.45) is 2.91. The first-order valence-corrected chi connectivity index (χ1v) is 8.92. The topological polar surface area (TPSA) is 67.5 Å². The van der Waals surface area contributed by atoms with E-state index in [1.807, 2.05) is 18.2 Å². The van der Waals surface area contributed by atoms with Crippen molar-refractivity contribution in [3.8, 4) is 11.5 Å². The molecule has 1 N–H and O–H groups in total. The molecule has 0 bridgehead atoms. The lowest BCUT2D eigenvalue weighted by atomic mass is 9.90. The fourth-order valence-electron chi connectivity index (χ4n) is 3.61. The molecule has 1 saturated heterocycles. The number of rotatable bonds is 5. The minimum absolute atomic E-state index is 0.0303. The summed E-state index contributed by atoms with van der Waals surface area (Å²) in [5, 5.41) is 7.39. The van der Waals surface area contributed by atoms with Crippen LogP contribution in [0.2, 0.25) is 0 Å². The van der Waals surface area contributed by atoms with E-state index in [1.165, 1.54) is 0 Å². The maximum absolute atomic E-state index is 12.9. The first-order valence-electron chi connectivity index (χ1n) is 8.92. The van der Waals surface area contributed by atoms with Crippen molar-refractivity contribution >= 4 is 5.78 Å². The van der Waals surface area contributed by atoms with Crippen molar-refractivity contribution in [1.29, 1.82) is 0 Å². The Kier molecular flexibility index (Phi) is 4.44. The molecule has 4 rings (SSSR count). The molecule has 3 heterocycles. The Labute approximate surface area is 147 Å². The van der Waals surface area contributed by atoms with E-state index >= 15 is 0 Å². The molecule has 1 aromatic heterocycles. The van der Waals surface area contributed by atoms with Crippen LogP contribution >= 0.6 is 0 Å². The number of hydrogen-bond donors (Lipinski definition) is 1. The highest BCUT2D eigenvalue weighted by atomic mass is 16.7. The van der Waals surface area contributed by atoms with E-state index in [1.54, 1.807) is 0 Å². The monoisotopic (exact) mass is 341 g/mol. The normalized spacial score (nSPS) is 20.0. The third-order valence-corrected chi connectivity index (χ3v) is 4.97. The number of aromatic nitrogens is 2. The number of aromatic amines is 1. The Morgan fingerprint density at radius 1 is 1.32 bits per heavy atom. The largest absolute Gasteiger partial charge is 0.454 e. The number of carbonyl (C=O) groups excluding carboxylic acids is 1. The third-order valence-electron chi connectivity index (χ3n) is 4.97. The van der Waals surface area contributed by atoms with Gasteiger partial charge in [0, 0.05) is 30.3 Å². The quantitative estimate of drug-likeness (QED) is 0.847. The molecule has 132 valence electrons. The number of fused-ring (bicyclic) bond motifs is 1. The van der Waals surface area contributed by atoms with E-state index in [4.69, 9.17) is 9.47 Å². The fraction of sp³-hybridized carbons (Fsp3) is 0.474. The summed E-state index contributed by atoms with van der Waals surface area (Å²) < 4.78 is 10.7. The van der Waals surface area contributed by atoms with Gasteiger partial charge in [-0.15, -0.1) is 0 Å². The minimum Gasteiger partial charge on any atom is -0.454 e. The van der Waals surface area contributed by atoms with E-state index in [2.05, 4.69) is 28.1 Å². The number of likely N-dealkylation sites (tertiary alicyclic amines) is 1. The van der Waals surface area contributed by atoms with E-state index in [0.717, 1.165) is 50.3 Å². The molecular weight excluding hydrogens is 318 g/mol. The van der Waals surface area contributed by atoms with Crippen molar-refractivity contribution in [2.45, 2.75) is 32.7 Å². The smallest absolute Gasteiger partial charge is 0.231 e. The molecule has 6 heteroatoms. The SMILES string of the molecule is CCc1cc(CN2CCC[C@@H](C(=O)c3ccc4c(c3)OCO4)C2)[nH]n1. The molecule has 1 aromatic carbocycles. The average molecular weight is 341 g/mol. The fourth-order valence-corrected chi connectivity index (χ4v) is 3.61. The molecule has 0 unspecified atom stereocenters. The van der Waals surface area contributed by atoms with Crippen molar-refractivity contribution in [2.75, 3.05) is 19.9 Å². The Hall–Kier alpha value is -2.34. The summed E-state index contributed by atoms with van der Waals surface area (Å²) in [6.45, 7) is 4.95. The second-order valence-corrected chi connectivity index (χ2v) is 6.74. The standard InChI is InChI=1S/C19H23N3O3/c1-2-15-9-16(21-20-15)11-22-7-3-4-14(10-22)19(23)13-5-6-17-18(8-13)25-12-24-17/h5-6,8-9,14H,2-4,7,10-12H2,1H3,(H,20,21)/t14-/m1/s1. The molecule has 1 fully saturated rings. The Morgan fingerprint density at radius 3 is 3.04 bits per heavy atom. The summed E-state index contributed by atoms with van der Waals surface area (Å²) in [7, 11) is 0. The van der Waals surface area contributed by atoms with Crippen LogP contribution in [0.3, 0.4) is 0 Å². The van der Waals surface area contributed by atoms with Crippen molar-refractivity contribution in [3.05, 3.63) is 41.2 Å². The van der Waals surface area contributed by atoms with E-state index < -0.39 is 0 Å². The number of carbonyl (C=O) groups is 1. The Bertz CT molecular complexity index is 771. The Morgan fingerprint density at radius 2 is 2.20 bits per heavy atom. The molecule has 2 aliphatic heterocycles. The van der Waals surface area contributed by atoms with Crippen molar-refractivity contribution in [1.82, 2.24) is 15.1 Å². The van der Waals surface area contributed by atoms with Crippen LogP contribution in [0, 0.1) is 5.92 Å². The van der Waals surface area contributed by atoms with Gasteiger partial charge in [-0.3, -0.25) is 14.8 Å². The molecule has 1 atom stereocenters. The molecule has 2 aliphatic rings. The molecule has 0 aliphatic carbocycles. The number of piperidine rings is 1. The predicted molar refractivity (Wildman–Crippen MR) is 92.9 cm³/mol. The number of benzene rings is 1. The molecular formula is C19H23N3O3. The number of nitrogens with one attached hydrogen (secondary N) is 1. The molecule has 6 nitrogen and oxygen atoms in total. The maximum Gasteiger partial charge on any atom is 0.231 e. The van der Waals surface area contributed by atoms with Crippen LogP contribution in [-0.2, 0) is 13.0 Å². The zero-order valence-corrected chi connectivity index (χ0v) is 14.5. The summed E-state index contributed by atoms with van der Waals surface area (Å²) in [5.74, 6) is 1.61. The number of ketones is 1. The number of Topliss-reactive ketones (excluding diaryl/α,β-unsaturated/α-hetero) is 1. The molecule has 25 heavy (non-hydrogen) atoms. The number of H-pyrrole nitrogens is 1. The molecule has 0 amide bonds. The molecule has 0 spiro atoms. The van der Waals surface area contributed by atoms with E-state index in [0.29, 0.717) is 17.1 Å². The van der Waals surface area contributed by atoms with Crippen LogP contribution in [0.5, 0.6) is 11.5 Å². The second-order valence-electron chi connectivity index (χ2n) is 6.74. The number of ether oxygens (including phenoxy) is 2. The zero-order valence-electron chi connectivity index (χ0n) is 14.5. The molecule has 2 aromatic rings. The van der Waals surface area contributed by atoms with Gasteiger partial charge in [0.05, 0.1) is 5.69 Å². The van der Waals surface area contributed by atoms with Gasteiger partial charge in [0.2, 0.25) is 6.79 Å². The highest BCUT2D eigenvalue weighted by Gasteiger charge is 2.28. The van der Waals surface area contributed by atoms with Gasteiger partial charge < -0.3 is 9.47 Å². The number of nitrogens with zero attached hydrogens (tertiary/aromatic N) is 2. The van der Waals surface area contributed by atoms with Gasteiger partial charge in [-0.05, 0) is 50.1 Å². The molecule has 0 radical (unpaired) electrons. The minimum atomic E-state index is 0.0303. The van der Waals surface area contributed by atoms with Gasteiger partial charge in [0.25, 0.3) is 0 Å². The van der Waals surface area contributed by atoms with Gasteiger partial charge >= 0.3 is 0 Å². The zero-order chi connectivity index (χ0) is 17.2. The van der Waals surface area contributed by atoms with Crippen LogP contribution in [0.15, 0.2) is 24.3 Å². The average Bonchev–Trinajstić information content (AvgIpc) is 3.29. The van der Waals surface area contributed by atoms with Crippen LogP contribution in [-0.4, -0.2) is 40.8 Å². The lowest BCUT2D eigenvalue weighted by molar-refractivity contribution is 0.0809. The van der Waals surface area contributed by atoms with E-state index in [9.17, 15) is 4.79 Å². The number of aryl methyl sites for hydroxylation is 1. The molecule has 0 saturated carbocycles. The first kappa shape index (κ1) is 16.1. The van der Waals surface area contributed by atoms with Gasteiger partial charge in [-0.2, -0.15) is 5.10 Å². The summed E-state index contributed by atoms with van der Waals surface area (Å²) in [6, 6.07) is 7.60. The Balaban J connectivity index is 1.42. The number of hydrogen-bond acceptors (Lipinski definition) is 5. The maximum atomic E-state index is 12.9. The highest BCUT2D eigenvalue weighted by molar-refractivity contribution is 5.98. The van der Waals surface area contributed by atoms with Crippen LogP contribution in [0.1, 0.15) is 41.5 Å². The summed E-state index contributed by atoms with van der Waals surface area (Å²) >= 11 is 0. The van der Waals surface area contributed by atoms with Gasteiger partial charge in [0.15, 0.2) is 17.3 Å². The lowest BCUT2D eigenvalue weighted by Crippen LogP contribution is -2.38. The summed E-state index contributed by atoms with van der Waals surface area (Å²) in [5.41, 5.74) is 2.92. The van der Waals surface area contributed by atoms with Crippen molar-refractivity contribution in [3.63, 3.8) is 0 Å². The second kappa shape index (κ2) is 6.88. The van der Waals surface area contributed by atoms with Gasteiger partial charge in [-0.1, -0.05) is 6.92 Å². The van der Waals surface area contributed by atoms with Crippen molar-refractivity contribution in [2.24, 2.45) is 5.92 Å².